The summed E-state index contributed by atoms with van der Waals surface area (Å²) in [6, 6.07) is 0. The third kappa shape index (κ3) is 1.61. The quantitative estimate of drug-likeness (QED) is 0.632. The van der Waals surface area contributed by atoms with E-state index in [1.807, 2.05) is 19.9 Å². The fourth-order valence-electron chi connectivity index (χ4n) is 2.84. The molecule has 0 aromatic rings. The first-order valence-electron chi connectivity index (χ1n) is 5.57. The van der Waals surface area contributed by atoms with E-state index in [4.69, 9.17) is 9.47 Å². The zero-order chi connectivity index (χ0) is 10.2. The molecule has 0 amide bonds. The van der Waals surface area contributed by atoms with E-state index in [9.17, 15) is 0 Å². The maximum atomic E-state index is 6.09. The third-order valence-corrected chi connectivity index (χ3v) is 3.27. The maximum Gasteiger partial charge on any atom is 0.164 e. The predicted molar refractivity (Wildman–Crippen MR) is 56.1 cm³/mol. The van der Waals surface area contributed by atoms with Gasteiger partial charge in [-0.1, -0.05) is 18.9 Å². The van der Waals surface area contributed by atoms with E-state index in [0.717, 1.165) is 19.3 Å². The van der Waals surface area contributed by atoms with Gasteiger partial charge in [0, 0.05) is 0 Å². The minimum Gasteiger partial charge on any atom is -0.344 e. The molecule has 2 nitrogen and oxygen atoms in total. The van der Waals surface area contributed by atoms with Crippen molar-refractivity contribution in [3.63, 3.8) is 0 Å². The fraction of sp³-hybridized carbons (Fsp3) is 0.833. The lowest BCUT2D eigenvalue weighted by molar-refractivity contribution is -0.162. The summed E-state index contributed by atoms with van der Waals surface area (Å²) in [7, 11) is 0. The number of fused-ring (bicyclic) bond motifs is 1. The molecular weight excluding hydrogens is 176 g/mol. The summed E-state index contributed by atoms with van der Waals surface area (Å²) in [6.07, 6.45) is 7.94. The van der Waals surface area contributed by atoms with Crippen LogP contribution in [-0.2, 0) is 9.47 Å². The van der Waals surface area contributed by atoms with Crippen molar-refractivity contribution in [2.45, 2.75) is 63.4 Å². The van der Waals surface area contributed by atoms with Crippen molar-refractivity contribution in [3.8, 4) is 0 Å². The van der Waals surface area contributed by atoms with E-state index in [1.54, 1.807) is 0 Å². The number of rotatable bonds is 2. The molecule has 0 spiro atoms. The summed E-state index contributed by atoms with van der Waals surface area (Å²) >= 11 is 0. The van der Waals surface area contributed by atoms with Crippen LogP contribution in [0.15, 0.2) is 12.7 Å². The standard InChI is InChI=1S/C12H20O2/c1-4-8-12-9-6-5-7-10(12)13-11(2,3)14-12/h4,10H,1,5-9H2,2-3H3/t10-,12+/m0/s1. The molecular formula is C12H20O2. The Morgan fingerprint density at radius 2 is 2.21 bits per heavy atom. The van der Waals surface area contributed by atoms with Gasteiger partial charge in [0.1, 0.15) is 5.60 Å². The highest BCUT2D eigenvalue weighted by Gasteiger charge is 2.52. The lowest BCUT2D eigenvalue weighted by Gasteiger charge is -2.35. The molecule has 1 saturated heterocycles. The van der Waals surface area contributed by atoms with Crippen LogP contribution < -0.4 is 0 Å². The second-order valence-electron chi connectivity index (χ2n) is 4.91. The van der Waals surface area contributed by atoms with Crippen molar-refractivity contribution in [2.75, 3.05) is 0 Å². The normalized spacial score (nSPS) is 40.6. The van der Waals surface area contributed by atoms with Crippen LogP contribution in [0.5, 0.6) is 0 Å². The van der Waals surface area contributed by atoms with Gasteiger partial charge in [-0.05, 0) is 33.1 Å². The second kappa shape index (κ2) is 3.35. The van der Waals surface area contributed by atoms with Crippen molar-refractivity contribution in [1.29, 1.82) is 0 Å². The molecule has 80 valence electrons. The molecule has 0 bridgehead atoms. The summed E-state index contributed by atoms with van der Waals surface area (Å²) in [4.78, 5) is 0. The molecule has 2 fully saturated rings. The molecule has 0 unspecified atom stereocenters. The van der Waals surface area contributed by atoms with Crippen LogP contribution >= 0.6 is 0 Å². The highest BCUT2D eigenvalue weighted by Crippen LogP contribution is 2.46. The van der Waals surface area contributed by atoms with E-state index in [2.05, 4.69) is 6.58 Å². The van der Waals surface area contributed by atoms with E-state index >= 15 is 0 Å². The maximum absolute atomic E-state index is 6.09. The second-order valence-corrected chi connectivity index (χ2v) is 4.91. The monoisotopic (exact) mass is 196 g/mol. The Hall–Kier alpha value is -0.340. The Kier molecular flexibility index (Phi) is 2.44. The molecule has 0 radical (unpaired) electrons. The molecule has 1 aliphatic carbocycles. The SMILES string of the molecule is C=CC[C@@]12CCCC[C@@H]1OC(C)(C)O2. The minimum atomic E-state index is -0.405. The Morgan fingerprint density at radius 3 is 2.93 bits per heavy atom. The fourth-order valence-corrected chi connectivity index (χ4v) is 2.84. The Morgan fingerprint density at radius 1 is 1.43 bits per heavy atom. The van der Waals surface area contributed by atoms with Gasteiger partial charge in [-0.3, -0.25) is 0 Å². The summed E-state index contributed by atoms with van der Waals surface area (Å²) in [5, 5.41) is 0. The minimum absolute atomic E-state index is 0.0660. The number of hydrogen-bond donors (Lipinski definition) is 0. The molecule has 2 aliphatic rings. The molecule has 14 heavy (non-hydrogen) atoms. The Bertz CT molecular complexity index is 234. The molecule has 2 heteroatoms. The van der Waals surface area contributed by atoms with Crippen molar-refractivity contribution < 1.29 is 9.47 Å². The van der Waals surface area contributed by atoms with Crippen LogP contribution in [0.4, 0.5) is 0 Å². The molecule has 0 aromatic carbocycles. The van der Waals surface area contributed by atoms with Gasteiger partial charge >= 0.3 is 0 Å². The van der Waals surface area contributed by atoms with Crippen LogP contribution in [0.2, 0.25) is 0 Å². The lowest BCUT2D eigenvalue weighted by Crippen LogP contribution is -2.42. The topological polar surface area (TPSA) is 18.5 Å². The zero-order valence-corrected chi connectivity index (χ0v) is 9.21. The van der Waals surface area contributed by atoms with Crippen molar-refractivity contribution in [3.05, 3.63) is 12.7 Å². The van der Waals surface area contributed by atoms with Gasteiger partial charge in [-0.2, -0.15) is 0 Å². The van der Waals surface area contributed by atoms with Crippen molar-refractivity contribution in [2.24, 2.45) is 0 Å². The first kappa shape index (κ1) is 10.2. The van der Waals surface area contributed by atoms with Gasteiger partial charge < -0.3 is 9.47 Å². The summed E-state index contributed by atoms with van der Waals surface area (Å²) in [5.41, 5.74) is -0.0660. The Balaban J connectivity index is 2.20. The average molecular weight is 196 g/mol. The van der Waals surface area contributed by atoms with Crippen LogP contribution in [0, 0.1) is 0 Å². The first-order valence-corrected chi connectivity index (χ1v) is 5.57. The predicted octanol–water partition coefficient (Wildman–Crippen LogP) is 3.03. The molecule has 1 heterocycles. The number of hydrogen-bond acceptors (Lipinski definition) is 2. The summed E-state index contributed by atoms with van der Waals surface area (Å²) < 4.78 is 12.0. The van der Waals surface area contributed by atoms with Crippen LogP contribution in [0.3, 0.4) is 0 Å². The van der Waals surface area contributed by atoms with Gasteiger partial charge in [-0.25, -0.2) is 0 Å². The van der Waals surface area contributed by atoms with E-state index in [1.165, 1.54) is 12.8 Å². The average Bonchev–Trinajstić information content (AvgIpc) is 2.35. The van der Waals surface area contributed by atoms with Gasteiger partial charge in [0.05, 0.1) is 6.10 Å². The molecule has 2 atom stereocenters. The summed E-state index contributed by atoms with van der Waals surface area (Å²) in [5.74, 6) is -0.405. The number of ether oxygens (including phenoxy) is 2. The molecule has 1 saturated carbocycles. The Labute approximate surface area is 86.3 Å². The molecule has 0 aromatic heterocycles. The third-order valence-electron chi connectivity index (χ3n) is 3.27. The zero-order valence-electron chi connectivity index (χ0n) is 9.21. The lowest BCUT2D eigenvalue weighted by atomic mass is 9.80. The van der Waals surface area contributed by atoms with Crippen LogP contribution in [-0.4, -0.2) is 17.5 Å². The smallest absolute Gasteiger partial charge is 0.164 e. The van der Waals surface area contributed by atoms with Gasteiger partial charge in [-0.15, -0.1) is 6.58 Å². The van der Waals surface area contributed by atoms with Gasteiger partial charge in [0.15, 0.2) is 5.79 Å². The van der Waals surface area contributed by atoms with Crippen LogP contribution in [0.25, 0.3) is 0 Å². The van der Waals surface area contributed by atoms with Crippen molar-refractivity contribution in [1.82, 2.24) is 0 Å². The highest BCUT2D eigenvalue weighted by atomic mass is 16.8. The van der Waals surface area contributed by atoms with Gasteiger partial charge in [0.25, 0.3) is 0 Å². The molecule has 0 N–H and O–H groups in total. The van der Waals surface area contributed by atoms with E-state index in [0.29, 0.717) is 0 Å². The van der Waals surface area contributed by atoms with E-state index < -0.39 is 5.79 Å². The van der Waals surface area contributed by atoms with Crippen molar-refractivity contribution >= 4 is 0 Å². The molecule has 1 aliphatic heterocycles. The van der Waals surface area contributed by atoms with Gasteiger partial charge in [0.2, 0.25) is 0 Å². The van der Waals surface area contributed by atoms with Crippen LogP contribution in [0.1, 0.15) is 46.0 Å². The highest BCUT2D eigenvalue weighted by molar-refractivity contribution is 5.02. The largest absolute Gasteiger partial charge is 0.344 e. The van der Waals surface area contributed by atoms with E-state index in [-0.39, 0.29) is 11.7 Å². The molecule has 2 rings (SSSR count). The summed E-state index contributed by atoms with van der Waals surface area (Å²) in [6.45, 7) is 7.84. The first-order chi connectivity index (χ1) is 6.58.